The minimum atomic E-state index is -2.17. The average Bonchev–Trinajstić information content (AvgIpc) is 3.45. The molecule has 0 bridgehead atoms. The predicted octanol–water partition coefficient (Wildman–Crippen LogP) is 6.79. The summed E-state index contributed by atoms with van der Waals surface area (Å²) in [7, 11) is 0. The Hall–Kier alpha value is -1.99. The minimum Gasteiger partial charge on any atom is -0.106 e. The van der Waals surface area contributed by atoms with E-state index in [1.54, 1.807) is 14.5 Å². The first-order valence-electron chi connectivity index (χ1n) is 9.19. The Morgan fingerprint density at radius 1 is 0.769 bits per heavy atom. The predicted molar refractivity (Wildman–Crippen MR) is 110 cm³/mol. The summed E-state index contributed by atoms with van der Waals surface area (Å²) in [5, 5.41) is 0. The summed E-state index contributed by atoms with van der Waals surface area (Å²) < 4.78 is 3.13. The van der Waals surface area contributed by atoms with Gasteiger partial charge >= 0.3 is 152 Å². The molecule has 2 aromatic carbocycles. The van der Waals surface area contributed by atoms with E-state index >= 15 is 0 Å². The molecule has 26 heavy (non-hydrogen) atoms. The molecule has 0 N–H and O–H groups in total. The monoisotopic (exact) mass is 503 g/mol. The number of benzene rings is 2. The molecule has 2 aromatic rings. The van der Waals surface area contributed by atoms with Gasteiger partial charge in [0.25, 0.3) is 0 Å². The number of fused-ring (bicyclic) bond motifs is 2. The largest absolute Gasteiger partial charge is 0.106 e. The van der Waals surface area contributed by atoms with Crippen molar-refractivity contribution in [2.45, 2.75) is 13.8 Å². The van der Waals surface area contributed by atoms with Gasteiger partial charge in [-0.05, 0) is 0 Å². The standard InChI is InChI=1S/2C9H7.C5H5.C2H4.Hf/c2*1-2-5-9-7-3-6-8(9)4-1;1-2-4-5-3-1;1-2;/h2*1-7H;1-3H,4H2;1-2H2;. The van der Waals surface area contributed by atoms with E-state index in [1.165, 1.54) is 17.5 Å². The van der Waals surface area contributed by atoms with Crippen LogP contribution in [0.2, 0.25) is 0 Å². The molecule has 0 fully saturated rings. The van der Waals surface area contributed by atoms with Gasteiger partial charge in [0.2, 0.25) is 0 Å². The van der Waals surface area contributed by atoms with Crippen molar-refractivity contribution in [2.75, 3.05) is 0 Å². The van der Waals surface area contributed by atoms with Crippen molar-refractivity contribution < 1.29 is 21.4 Å². The van der Waals surface area contributed by atoms with Crippen LogP contribution in [-0.4, -0.2) is 0 Å². The van der Waals surface area contributed by atoms with E-state index < -0.39 is 21.4 Å². The van der Waals surface area contributed by atoms with E-state index in [4.69, 9.17) is 0 Å². The summed E-state index contributed by atoms with van der Waals surface area (Å²) in [6.07, 6.45) is 18.0. The first-order valence-corrected chi connectivity index (χ1v) is 15.1. The second kappa shape index (κ2) is 7.72. The molecule has 2 unspecified atom stereocenters. The SMILES string of the molecule is C1=CC[C]([Hf]([CH]2C=Cc3ccccc32)[CH]2C=Cc3ccccc32)=C1.C=C. The Bertz CT molecular complexity index is 867. The Morgan fingerprint density at radius 3 is 1.81 bits per heavy atom. The fraction of sp³-hybridized carbons (Fsp3) is 0.120. The number of hydrogen-bond donors (Lipinski definition) is 0. The maximum atomic E-state index is 3.00. The third-order valence-corrected chi connectivity index (χ3v) is 17.8. The van der Waals surface area contributed by atoms with Crippen molar-refractivity contribution >= 4 is 12.2 Å². The van der Waals surface area contributed by atoms with Crippen molar-refractivity contribution in [3.8, 4) is 0 Å². The van der Waals surface area contributed by atoms with Gasteiger partial charge in [0.1, 0.15) is 0 Å². The van der Waals surface area contributed by atoms with Gasteiger partial charge in [-0.15, -0.1) is 13.2 Å². The molecule has 5 rings (SSSR count). The van der Waals surface area contributed by atoms with Gasteiger partial charge in [-0.1, -0.05) is 0 Å². The van der Waals surface area contributed by atoms with E-state index in [0.717, 1.165) is 0 Å². The zero-order chi connectivity index (χ0) is 17.9. The minimum absolute atomic E-state index is 0.679. The molecule has 0 saturated carbocycles. The second-order valence-corrected chi connectivity index (χ2v) is 16.8. The van der Waals surface area contributed by atoms with E-state index in [-0.39, 0.29) is 0 Å². The fourth-order valence-corrected chi connectivity index (χ4v) is 17.3. The van der Waals surface area contributed by atoms with Crippen LogP contribution in [0.15, 0.2) is 95.4 Å². The normalized spacial score (nSPS) is 21.0. The zero-order valence-corrected chi connectivity index (χ0v) is 18.5. The second-order valence-electron chi connectivity index (χ2n) is 6.71. The van der Waals surface area contributed by atoms with Gasteiger partial charge in [-0.2, -0.15) is 0 Å². The van der Waals surface area contributed by atoms with E-state index in [0.29, 0.717) is 7.35 Å². The summed E-state index contributed by atoms with van der Waals surface area (Å²) in [4.78, 5) is 0. The maximum absolute atomic E-state index is 3.00. The Morgan fingerprint density at radius 2 is 1.31 bits per heavy atom. The van der Waals surface area contributed by atoms with Crippen LogP contribution < -0.4 is 0 Å². The first kappa shape index (κ1) is 17.4. The molecule has 2 atom stereocenters. The smallest absolute Gasteiger partial charge is 0.106 e. The molecule has 0 heterocycles. The topological polar surface area (TPSA) is 0 Å². The Balaban J connectivity index is 0.000000814. The molecule has 0 amide bonds. The molecule has 0 saturated heterocycles. The molecule has 3 aliphatic carbocycles. The molecule has 1 heteroatoms. The van der Waals surface area contributed by atoms with E-state index in [9.17, 15) is 0 Å². The summed E-state index contributed by atoms with van der Waals surface area (Å²) in [6.45, 7) is 6.00. The van der Waals surface area contributed by atoms with Gasteiger partial charge in [-0.25, -0.2) is 0 Å². The molecule has 0 aliphatic heterocycles. The van der Waals surface area contributed by atoms with Gasteiger partial charge in [-0.3, -0.25) is 0 Å². The van der Waals surface area contributed by atoms with Crippen LogP contribution in [-0.2, 0) is 21.4 Å². The third-order valence-electron chi connectivity index (χ3n) is 5.41. The average molecular weight is 502 g/mol. The summed E-state index contributed by atoms with van der Waals surface area (Å²) in [5.74, 6) is 0. The number of rotatable bonds is 3. The van der Waals surface area contributed by atoms with E-state index in [2.05, 4.69) is 104 Å². The molecule has 0 aromatic heterocycles. The van der Waals surface area contributed by atoms with Crippen LogP contribution in [0.25, 0.3) is 12.2 Å². The van der Waals surface area contributed by atoms with Crippen molar-refractivity contribution in [3.05, 3.63) is 118 Å². The van der Waals surface area contributed by atoms with Crippen LogP contribution >= 0.6 is 0 Å². The molecule has 0 spiro atoms. The summed E-state index contributed by atoms with van der Waals surface area (Å²) in [6, 6.07) is 18.0. The molecule has 3 aliphatic rings. The summed E-state index contributed by atoms with van der Waals surface area (Å²) >= 11 is -2.17. The first-order chi connectivity index (χ1) is 12.9. The van der Waals surface area contributed by atoms with Crippen molar-refractivity contribution in [2.24, 2.45) is 0 Å². The molecule has 0 nitrogen and oxygen atoms in total. The zero-order valence-electron chi connectivity index (χ0n) is 14.9. The van der Waals surface area contributed by atoms with E-state index in [1.807, 2.05) is 0 Å². The third kappa shape index (κ3) is 2.99. The van der Waals surface area contributed by atoms with Gasteiger partial charge in [0, 0.05) is 0 Å². The Kier molecular flexibility index (Phi) is 5.17. The van der Waals surface area contributed by atoms with Crippen molar-refractivity contribution in [1.29, 1.82) is 0 Å². The molecular formula is C25H23Hf. The van der Waals surface area contributed by atoms with Crippen LogP contribution in [0.5, 0.6) is 0 Å². The Labute approximate surface area is 164 Å². The fourth-order valence-electron chi connectivity index (χ4n) is 4.30. The summed E-state index contributed by atoms with van der Waals surface area (Å²) in [5.41, 5.74) is 6.02. The van der Waals surface area contributed by atoms with Gasteiger partial charge in [0.05, 0.1) is 0 Å². The number of allylic oxidation sites excluding steroid dienone is 6. The van der Waals surface area contributed by atoms with Crippen molar-refractivity contribution in [3.63, 3.8) is 0 Å². The quantitative estimate of drug-likeness (QED) is 0.321. The molecule has 127 valence electrons. The number of hydrogen-bond acceptors (Lipinski definition) is 0. The van der Waals surface area contributed by atoms with Crippen molar-refractivity contribution in [1.82, 2.24) is 0 Å². The van der Waals surface area contributed by atoms with Gasteiger partial charge in [0.15, 0.2) is 0 Å². The van der Waals surface area contributed by atoms with Gasteiger partial charge < -0.3 is 0 Å². The van der Waals surface area contributed by atoms with Crippen LogP contribution in [0, 0.1) is 0 Å². The molecule has 0 radical (unpaired) electrons. The molecular weight excluding hydrogens is 479 g/mol. The van der Waals surface area contributed by atoms with Crippen LogP contribution in [0.3, 0.4) is 0 Å². The maximum Gasteiger partial charge on any atom is -0.106 e. The van der Waals surface area contributed by atoms with Crippen LogP contribution in [0.1, 0.15) is 36.0 Å². The van der Waals surface area contributed by atoms with Crippen LogP contribution in [0.4, 0.5) is 0 Å².